The average Bonchev–Trinajstić information content (AvgIpc) is 2.75. The first-order valence-corrected chi connectivity index (χ1v) is 9.03. The molecule has 1 heterocycles. The van der Waals surface area contributed by atoms with Gasteiger partial charge >= 0.3 is 0 Å². The summed E-state index contributed by atoms with van der Waals surface area (Å²) < 4.78 is -1.55. The van der Waals surface area contributed by atoms with Crippen molar-refractivity contribution in [2.24, 2.45) is 0 Å². The highest BCUT2D eigenvalue weighted by atomic mass is 35.6. The summed E-state index contributed by atoms with van der Waals surface area (Å²) in [7, 11) is 1.98. The van der Waals surface area contributed by atoms with Crippen molar-refractivity contribution in [3.05, 3.63) is 77.0 Å². The molecule has 25 heavy (non-hydrogen) atoms. The Bertz CT molecular complexity index is 865. The number of nitrogens with zero attached hydrogens (tertiary/aromatic N) is 1. The molecule has 3 rings (SSSR count). The van der Waals surface area contributed by atoms with Crippen LogP contribution in [0.1, 0.15) is 35.3 Å². The molecule has 0 bridgehead atoms. The summed E-state index contributed by atoms with van der Waals surface area (Å²) in [5.41, 5.74) is 3.97. The summed E-state index contributed by atoms with van der Waals surface area (Å²) >= 11 is 17.8. The number of hydrogen-bond acceptors (Lipinski definition) is 2. The summed E-state index contributed by atoms with van der Waals surface area (Å²) in [5, 5.41) is 0. The third-order valence-electron chi connectivity index (χ3n) is 4.68. The van der Waals surface area contributed by atoms with Crippen molar-refractivity contribution in [1.82, 2.24) is 0 Å². The van der Waals surface area contributed by atoms with Gasteiger partial charge in [0.05, 0.1) is 0 Å². The van der Waals surface area contributed by atoms with Gasteiger partial charge in [-0.15, -0.1) is 0 Å². The van der Waals surface area contributed by atoms with Gasteiger partial charge in [-0.2, -0.15) is 0 Å². The minimum absolute atomic E-state index is 0.112. The van der Waals surface area contributed by atoms with Gasteiger partial charge in [0.15, 0.2) is 5.78 Å². The van der Waals surface area contributed by atoms with Gasteiger partial charge in [0, 0.05) is 41.1 Å². The summed E-state index contributed by atoms with van der Waals surface area (Å²) in [5.74, 6) is -0.112. The largest absolute Gasteiger partial charge is 0.347 e. The zero-order chi connectivity index (χ0) is 18.4. The van der Waals surface area contributed by atoms with E-state index in [9.17, 15) is 4.79 Å². The molecule has 0 amide bonds. The lowest BCUT2D eigenvalue weighted by Gasteiger charge is -2.24. The van der Waals surface area contributed by atoms with Crippen LogP contribution in [0.15, 0.2) is 60.3 Å². The number of benzene rings is 2. The van der Waals surface area contributed by atoms with E-state index in [1.54, 1.807) is 30.3 Å². The molecule has 0 atom stereocenters. The average molecular weight is 395 g/mol. The number of para-hydroxylation sites is 1. The van der Waals surface area contributed by atoms with Crippen molar-refractivity contribution in [2.45, 2.75) is 23.1 Å². The number of fused-ring (bicyclic) bond motifs is 1. The Morgan fingerprint density at radius 2 is 1.76 bits per heavy atom. The molecule has 2 nitrogen and oxygen atoms in total. The Labute approximate surface area is 163 Å². The Hall–Kier alpha value is -1.48. The van der Waals surface area contributed by atoms with E-state index in [0.29, 0.717) is 11.1 Å². The molecule has 0 N–H and O–H groups in total. The van der Waals surface area contributed by atoms with Crippen LogP contribution in [-0.4, -0.2) is 12.8 Å². The third kappa shape index (κ3) is 3.31. The Kier molecular flexibility index (Phi) is 4.65. The van der Waals surface area contributed by atoms with Crippen molar-refractivity contribution in [3.8, 4) is 0 Å². The van der Waals surface area contributed by atoms with Crippen molar-refractivity contribution in [3.63, 3.8) is 0 Å². The van der Waals surface area contributed by atoms with Crippen LogP contribution < -0.4 is 4.90 Å². The zero-order valence-corrected chi connectivity index (χ0v) is 16.5. The molecule has 5 heteroatoms. The summed E-state index contributed by atoms with van der Waals surface area (Å²) in [6.45, 7) is 4.23. The normalized spacial score (nSPS) is 17.7. The standard InChI is InChI=1S/C20H18Cl3NO/c1-19(2)15-9-4-5-10-16(15)24(3)18(19)12-17(25)13-7-6-8-14(11-13)20(21,22)23/h4-12H,1-3H3/b18-12+. The first kappa shape index (κ1) is 18.3. The predicted molar refractivity (Wildman–Crippen MR) is 106 cm³/mol. The first-order chi connectivity index (χ1) is 11.6. The second kappa shape index (κ2) is 6.35. The summed E-state index contributed by atoms with van der Waals surface area (Å²) in [4.78, 5) is 14.9. The fraction of sp³-hybridized carbons (Fsp3) is 0.250. The van der Waals surface area contributed by atoms with Gasteiger partial charge in [0.25, 0.3) is 0 Å². The van der Waals surface area contributed by atoms with Crippen LogP contribution in [0.2, 0.25) is 0 Å². The number of halogens is 3. The molecule has 1 aliphatic rings. The van der Waals surface area contributed by atoms with Crippen LogP contribution in [-0.2, 0) is 9.21 Å². The quantitative estimate of drug-likeness (QED) is 0.353. The summed E-state index contributed by atoms with van der Waals surface area (Å²) in [6, 6.07) is 15.0. The number of likely N-dealkylation sites (N-methyl/N-ethyl adjacent to an activating group) is 1. The fourth-order valence-electron chi connectivity index (χ4n) is 3.32. The maximum atomic E-state index is 12.8. The van der Waals surface area contributed by atoms with E-state index in [-0.39, 0.29) is 11.2 Å². The van der Waals surface area contributed by atoms with Gasteiger partial charge < -0.3 is 4.90 Å². The van der Waals surface area contributed by atoms with E-state index in [1.165, 1.54) is 5.56 Å². The highest BCUT2D eigenvalue weighted by molar-refractivity contribution is 6.66. The van der Waals surface area contributed by atoms with E-state index >= 15 is 0 Å². The highest BCUT2D eigenvalue weighted by Crippen LogP contribution is 2.46. The Morgan fingerprint density at radius 1 is 1.08 bits per heavy atom. The number of rotatable bonds is 2. The van der Waals surface area contributed by atoms with E-state index in [2.05, 4.69) is 30.9 Å². The maximum absolute atomic E-state index is 12.8. The van der Waals surface area contributed by atoms with Gasteiger partial charge in [0.1, 0.15) is 0 Å². The summed E-state index contributed by atoms with van der Waals surface area (Å²) in [6.07, 6.45) is 1.68. The second-order valence-corrected chi connectivity index (χ2v) is 8.95. The monoisotopic (exact) mass is 393 g/mol. The topological polar surface area (TPSA) is 20.3 Å². The van der Waals surface area contributed by atoms with Gasteiger partial charge in [-0.1, -0.05) is 85.0 Å². The minimum atomic E-state index is -1.55. The fourth-order valence-corrected chi connectivity index (χ4v) is 3.67. The van der Waals surface area contributed by atoms with E-state index < -0.39 is 3.79 Å². The van der Waals surface area contributed by atoms with E-state index in [4.69, 9.17) is 34.8 Å². The number of hydrogen-bond donors (Lipinski definition) is 0. The molecule has 0 spiro atoms. The third-order valence-corrected chi connectivity index (χ3v) is 5.34. The van der Waals surface area contributed by atoms with Crippen molar-refractivity contribution < 1.29 is 4.79 Å². The van der Waals surface area contributed by atoms with Crippen LogP contribution in [0.25, 0.3) is 0 Å². The van der Waals surface area contributed by atoms with Crippen LogP contribution >= 0.6 is 34.8 Å². The van der Waals surface area contributed by atoms with Gasteiger partial charge in [-0.25, -0.2) is 0 Å². The van der Waals surface area contributed by atoms with Crippen LogP contribution in [0.3, 0.4) is 0 Å². The molecule has 2 aromatic carbocycles. The first-order valence-electron chi connectivity index (χ1n) is 7.89. The SMILES string of the molecule is CN1/C(=C/C(=O)c2cccc(C(Cl)(Cl)Cl)c2)C(C)(C)c2ccccc21. The molecule has 0 unspecified atom stereocenters. The van der Waals surface area contributed by atoms with Crippen LogP contribution in [0, 0.1) is 0 Å². The lowest BCUT2D eigenvalue weighted by Crippen LogP contribution is -2.24. The molecular formula is C20H18Cl3NO. The Morgan fingerprint density at radius 3 is 2.40 bits per heavy atom. The maximum Gasteiger partial charge on any atom is 0.216 e. The molecule has 0 saturated carbocycles. The van der Waals surface area contributed by atoms with Gasteiger partial charge in [0.2, 0.25) is 3.79 Å². The van der Waals surface area contributed by atoms with Crippen LogP contribution in [0.4, 0.5) is 5.69 Å². The number of carbonyl (C=O) groups excluding carboxylic acids is 1. The molecule has 130 valence electrons. The Balaban J connectivity index is 2.01. The predicted octanol–water partition coefficient (Wildman–Crippen LogP) is 6.01. The number of alkyl halides is 3. The highest BCUT2D eigenvalue weighted by Gasteiger charge is 2.38. The molecule has 1 aliphatic heterocycles. The molecule has 0 radical (unpaired) electrons. The van der Waals surface area contributed by atoms with E-state index in [1.807, 2.05) is 19.2 Å². The molecule has 0 aliphatic carbocycles. The molecule has 0 aromatic heterocycles. The van der Waals surface area contributed by atoms with Crippen molar-refractivity contribution in [2.75, 3.05) is 11.9 Å². The smallest absolute Gasteiger partial charge is 0.216 e. The molecule has 0 saturated heterocycles. The van der Waals surface area contributed by atoms with Crippen molar-refractivity contribution in [1.29, 1.82) is 0 Å². The van der Waals surface area contributed by atoms with Crippen LogP contribution in [0.5, 0.6) is 0 Å². The molecular weight excluding hydrogens is 377 g/mol. The van der Waals surface area contributed by atoms with E-state index in [0.717, 1.165) is 11.4 Å². The number of carbonyl (C=O) groups is 1. The number of ketones is 1. The number of allylic oxidation sites excluding steroid dienone is 2. The van der Waals surface area contributed by atoms with Gasteiger partial charge in [-0.3, -0.25) is 4.79 Å². The van der Waals surface area contributed by atoms with Gasteiger partial charge in [-0.05, 0) is 17.7 Å². The van der Waals surface area contributed by atoms with Crippen molar-refractivity contribution >= 4 is 46.3 Å². The lowest BCUT2D eigenvalue weighted by atomic mass is 9.83. The number of anilines is 1. The second-order valence-electron chi connectivity index (χ2n) is 6.67. The zero-order valence-electron chi connectivity index (χ0n) is 14.2. The molecule has 2 aromatic rings. The molecule has 0 fully saturated rings. The lowest BCUT2D eigenvalue weighted by molar-refractivity contribution is 0.104. The minimum Gasteiger partial charge on any atom is -0.347 e.